The van der Waals surface area contributed by atoms with Crippen molar-refractivity contribution in [3.05, 3.63) is 101 Å². The van der Waals surface area contributed by atoms with Gasteiger partial charge in [0, 0.05) is 24.5 Å². The number of phenolic OH excluding ortho intramolecular Hbond substituents is 7. The monoisotopic (exact) mass is 746 g/mol. The summed E-state index contributed by atoms with van der Waals surface area (Å²) in [5.41, 5.74) is 0.839. The van der Waals surface area contributed by atoms with Gasteiger partial charge < -0.3 is 59.4 Å². The molecule has 0 unspecified atom stereocenters. The first-order valence-corrected chi connectivity index (χ1v) is 16.0. The van der Waals surface area contributed by atoms with Gasteiger partial charge >= 0.3 is 23.9 Å². The third kappa shape index (κ3) is 8.33. The molecule has 0 aromatic heterocycles. The second kappa shape index (κ2) is 16.1. The zero-order chi connectivity index (χ0) is 39.3. The van der Waals surface area contributed by atoms with Crippen LogP contribution in [0.3, 0.4) is 0 Å². The van der Waals surface area contributed by atoms with Gasteiger partial charge in [0.25, 0.3) is 0 Å². The van der Waals surface area contributed by atoms with Crippen molar-refractivity contribution in [2.75, 3.05) is 14.2 Å². The van der Waals surface area contributed by atoms with Crippen LogP contribution in [0.1, 0.15) is 39.8 Å². The van der Waals surface area contributed by atoms with Crippen LogP contribution in [0.15, 0.2) is 72.8 Å². The summed E-state index contributed by atoms with van der Waals surface area (Å²) in [6, 6.07) is 13.6. The normalized spacial score (nSPS) is 15.7. The van der Waals surface area contributed by atoms with Crippen LogP contribution in [0.5, 0.6) is 46.0 Å². The van der Waals surface area contributed by atoms with E-state index in [1.807, 2.05) is 0 Å². The van der Waals surface area contributed by atoms with Crippen molar-refractivity contribution >= 4 is 30.0 Å². The van der Waals surface area contributed by atoms with E-state index < -0.39 is 88.4 Å². The molecule has 1 aliphatic rings. The van der Waals surface area contributed by atoms with E-state index in [0.717, 1.165) is 38.5 Å². The maximum Gasteiger partial charge on any atom is 0.347 e. The van der Waals surface area contributed by atoms with E-state index in [1.165, 1.54) is 54.6 Å². The van der Waals surface area contributed by atoms with Gasteiger partial charge in [0.2, 0.25) is 12.2 Å². The average molecular weight is 747 g/mol. The summed E-state index contributed by atoms with van der Waals surface area (Å²) in [4.78, 5) is 52.5. The molecule has 282 valence electrons. The lowest BCUT2D eigenvalue weighted by atomic mass is 9.87. The van der Waals surface area contributed by atoms with E-state index in [0.29, 0.717) is 5.56 Å². The van der Waals surface area contributed by atoms with Crippen molar-refractivity contribution in [1.82, 2.24) is 0 Å². The number of phenols is 7. The minimum Gasteiger partial charge on any atom is -0.504 e. The van der Waals surface area contributed by atoms with Gasteiger partial charge in [-0.2, -0.15) is 0 Å². The number of hydrogen-bond donors (Lipinski definition) is 7. The molecule has 1 heterocycles. The molecule has 0 aliphatic carbocycles. The molecule has 54 heavy (non-hydrogen) atoms. The van der Waals surface area contributed by atoms with Gasteiger partial charge in [0.05, 0.1) is 14.2 Å². The fourth-order valence-electron chi connectivity index (χ4n) is 5.74. The largest absolute Gasteiger partial charge is 0.504 e. The maximum atomic E-state index is 14.2. The van der Waals surface area contributed by atoms with Crippen LogP contribution >= 0.6 is 0 Å². The molecule has 5 rings (SSSR count). The predicted molar refractivity (Wildman–Crippen MR) is 184 cm³/mol. The number of hydrogen-bond acceptors (Lipinski definition) is 16. The van der Waals surface area contributed by atoms with Gasteiger partial charge in [-0.05, 0) is 70.8 Å². The summed E-state index contributed by atoms with van der Waals surface area (Å²) < 4.78 is 26.7. The van der Waals surface area contributed by atoms with Gasteiger partial charge in [-0.3, -0.25) is 4.79 Å². The fourth-order valence-corrected chi connectivity index (χ4v) is 5.74. The molecule has 7 N–H and O–H groups in total. The molecule has 0 radical (unpaired) electrons. The van der Waals surface area contributed by atoms with Crippen LogP contribution in [-0.2, 0) is 51.0 Å². The Hall–Kier alpha value is -7.10. The molecule has 0 bridgehead atoms. The average Bonchev–Trinajstić information content (AvgIpc) is 3.56. The Morgan fingerprint density at radius 3 is 1.67 bits per heavy atom. The molecule has 1 aliphatic heterocycles. The summed E-state index contributed by atoms with van der Waals surface area (Å²) >= 11 is 0. The zero-order valence-corrected chi connectivity index (χ0v) is 28.5. The molecule has 0 saturated carbocycles. The van der Waals surface area contributed by atoms with Gasteiger partial charge in [-0.15, -0.1) is 0 Å². The minimum absolute atomic E-state index is 0.0170. The van der Waals surface area contributed by atoms with Crippen LogP contribution in [0.25, 0.3) is 6.08 Å². The third-order valence-corrected chi connectivity index (χ3v) is 8.42. The van der Waals surface area contributed by atoms with Crippen molar-refractivity contribution in [1.29, 1.82) is 0 Å². The van der Waals surface area contributed by atoms with Crippen LogP contribution in [0.4, 0.5) is 0 Å². The molecule has 0 amide bonds. The summed E-state index contributed by atoms with van der Waals surface area (Å²) in [6.45, 7) is 0. The zero-order valence-electron chi connectivity index (χ0n) is 28.5. The van der Waals surface area contributed by atoms with Crippen molar-refractivity contribution in [2.45, 2.75) is 37.1 Å². The van der Waals surface area contributed by atoms with Crippen molar-refractivity contribution < 1.29 is 78.6 Å². The number of methoxy groups -OCH3 is 2. The fraction of sp³-hybridized carbons (Fsp3) is 0.211. The lowest BCUT2D eigenvalue weighted by Crippen LogP contribution is -2.33. The standard InChI is InChI=1S/C38H34O16/c1-50-36(47)29(15-18-3-8-22(39)26(43)13-18)52-31(46)12-7-20-5-11-25(42)35-32(20)33(34(54-35)21-6-10-24(41)28(45)17-21)38(49)53-30(37(48)51-2)16-19-4-9-23(40)27(44)14-19/h3-14,17,29-30,33-34,39-45H,15-16H2,1-2H3/b12-7-/t29-,30+,33-,34+/m0/s1. The number of esters is 4. The minimum atomic E-state index is -1.60. The first kappa shape index (κ1) is 38.1. The van der Waals surface area contributed by atoms with Gasteiger partial charge in [-0.25, -0.2) is 14.4 Å². The van der Waals surface area contributed by atoms with E-state index in [9.17, 15) is 54.9 Å². The molecule has 0 spiro atoms. The van der Waals surface area contributed by atoms with Crippen molar-refractivity contribution in [3.63, 3.8) is 0 Å². The van der Waals surface area contributed by atoms with Crippen LogP contribution < -0.4 is 4.74 Å². The maximum absolute atomic E-state index is 14.2. The molecule has 4 atom stereocenters. The Kier molecular flexibility index (Phi) is 11.3. The van der Waals surface area contributed by atoms with E-state index >= 15 is 0 Å². The molecule has 0 saturated heterocycles. The van der Waals surface area contributed by atoms with Crippen LogP contribution in [0.2, 0.25) is 0 Å². The molecular weight excluding hydrogens is 712 g/mol. The van der Waals surface area contributed by atoms with Gasteiger partial charge in [-0.1, -0.05) is 24.3 Å². The smallest absolute Gasteiger partial charge is 0.347 e. The van der Waals surface area contributed by atoms with E-state index in [1.54, 1.807) is 0 Å². The van der Waals surface area contributed by atoms with Crippen LogP contribution in [-0.4, -0.2) is 86.1 Å². The second-order valence-corrected chi connectivity index (χ2v) is 12.0. The Bertz CT molecular complexity index is 2120. The quantitative estimate of drug-likeness (QED) is 0.0474. The number of aromatic hydroxyl groups is 7. The number of carbonyl (C=O) groups excluding carboxylic acids is 4. The number of rotatable bonds is 12. The first-order valence-electron chi connectivity index (χ1n) is 16.0. The van der Waals surface area contributed by atoms with E-state index in [-0.39, 0.29) is 40.8 Å². The molecule has 16 heteroatoms. The predicted octanol–water partition coefficient (Wildman–Crippen LogP) is 3.51. The number of benzene rings is 4. The Morgan fingerprint density at radius 2 is 1.15 bits per heavy atom. The Labute approximate surface area is 306 Å². The highest BCUT2D eigenvalue weighted by molar-refractivity contribution is 5.92. The highest BCUT2D eigenvalue weighted by atomic mass is 16.6. The Balaban J connectivity index is 1.49. The van der Waals surface area contributed by atoms with Gasteiger partial charge in [0.15, 0.2) is 46.0 Å². The first-order chi connectivity index (χ1) is 25.7. The summed E-state index contributed by atoms with van der Waals surface area (Å²) in [6.07, 6.45) is -2.82. The molecule has 0 fully saturated rings. The van der Waals surface area contributed by atoms with E-state index in [2.05, 4.69) is 0 Å². The van der Waals surface area contributed by atoms with Crippen molar-refractivity contribution in [2.24, 2.45) is 0 Å². The van der Waals surface area contributed by atoms with E-state index in [4.69, 9.17) is 23.7 Å². The highest BCUT2D eigenvalue weighted by Gasteiger charge is 2.46. The molecule has 4 aromatic carbocycles. The lowest BCUT2D eigenvalue weighted by Gasteiger charge is -2.22. The summed E-state index contributed by atoms with van der Waals surface area (Å²) in [5, 5.41) is 70.2. The summed E-state index contributed by atoms with van der Waals surface area (Å²) in [5.74, 6) is -9.00. The lowest BCUT2D eigenvalue weighted by molar-refractivity contribution is -0.167. The summed E-state index contributed by atoms with van der Waals surface area (Å²) in [7, 11) is 2.14. The van der Waals surface area contributed by atoms with Gasteiger partial charge in [0.1, 0.15) is 12.0 Å². The molecular formula is C38H34O16. The number of fused-ring (bicyclic) bond motifs is 1. The Morgan fingerprint density at radius 1 is 0.648 bits per heavy atom. The SMILES string of the molecule is COC(=O)[C@H](Cc1ccc(O)c(O)c1)OC(=O)/C=C\c1ccc(O)c2c1[C@H](C(=O)O[C@H](Cc1ccc(O)c(O)c1)C(=O)OC)[C@@H](c1ccc(O)c(O)c1)O2. The topological polar surface area (TPSA) is 256 Å². The van der Waals surface area contributed by atoms with Crippen LogP contribution in [0, 0.1) is 0 Å². The highest BCUT2D eigenvalue weighted by Crippen LogP contribution is 2.53. The molecule has 16 nitrogen and oxygen atoms in total. The second-order valence-electron chi connectivity index (χ2n) is 12.0. The number of carbonyl (C=O) groups is 4. The number of ether oxygens (including phenoxy) is 5. The third-order valence-electron chi connectivity index (χ3n) is 8.42. The molecule has 4 aromatic rings. The van der Waals surface area contributed by atoms with Crippen molar-refractivity contribution in [3.8, 4) is 46.0 Å².